The summed E-state index contributed by atoms with van der Waals surface area (Å²) in [5, 5.41) is 7.02. The SMILES string of the molecule is CN=C(NCC(C)(C)N1CCc2ccccc2C1)NC1CCN(c2ncccc2F)C1.I. The minimum Gasteiger partial charge on any atom is -0.355 e. The van der Waals surface area contributed by atoms with E-state index in [-0.39, 0.29) is 41.4 Å². The Bertz CT molecular complexity index is 934. The van der Waals surface area contributed by atoms with E-state index in [4.69, 9.17) is 0 Å². The van der Waals surface area contributed by atoms with E-state index in [0.717, 1.165) is 45.0 Å². The van der Waals surface area contributed by atoms with Crippen molar-refractivity contribution < 1.29 is 4.39 Å². The van der Waals surface area contributed by atoms with Crippen LogP contribution in [0.1, 0.15) is 31.4 Å². The smallest absolute Gasteiger partial charge is 0.191 e. The summed E-state index contributed by atoms with van der Waals surface area (Å²) >= 11 is 0. The first-order chi connectivity index (χ1) is 15.0. The third-order valence-corrected chi connectivity index (χ3v) is 6.47. The lowest BCUT2D eigenvalue weighted by Crippen LogP contribution is -2.55. The zero-order chi connectivity index (χ0) is 21.8. The molecule has 3 heterocycles. The first-order valence-corrected chi connectivity index (χ1v) is 11.1. The van der Waals surface area contributed by atoms with Crippen LogP contribution in [0.15, 0.2) is 47.6 Å². The Kier molecular flexibility index (Phi) is 8.32. The third-order valence-electron chi connectivity index (χ3n) is 6.47. The predicted molar refractivity (Wildman–Crippen MR) is 139 cm³/mol. The minimum absolute atomic E-state index is 0. The van der Waals surface area contributed by atoms with Gasteiger partial charge in [0.2, 0.25) is 0 Å². The summed E-state index contributed by atoms with van der Waals surface area (Å²) in [6.07, 6.45) is 3.65. The highest BCUT2D eigenvalue weighted by molar-refractivity contribution is 14.0. The predicted octanol–water partition coefficient (Wildman–Crippen LogP) is 3.42. The van der Waals surface area contributed by atoms with Crippen molar-refractivity contribution in [1.29, 1.82) is 0 Å². The molecule has 1 fully saturated rings. The molecule has 1 saturated heterocycles. The van der Waals surface area contributed by atoms with Crippen LogP contribution in [0.2, 0.25) is 0 Å². The molecular weight excluding hydrogens is 518 g/mol. The zero-order valence-electron chi connectivity index (χ0n) is 19.1. The Morgan fingerprint density at radius 1 is 1.19 bits per heavy atom. The van der Waals surface area contributed by atoms with Gasteiger partial charge in [-0.1, -0.05) is 24.3 Å². The molecule has 2 aliphatic heterocycles. The summed E-state index contributed by atoms with van der Waals surface area (Å²) in [6, 6.07) is 12.0. The van der Waals surface area contributed by atoms with E-state index in [1.54, 1.807) is 19.3 Å². The zero-order valence-corrected chi connectivity index (χ0v) is 21.5. The average molecular weight is 552 g/mol. The van der Waals surface area contributed by atoms with Crippen LogP contribution in [0.4, 0.5) is 10.2 Å². The standard InChI is InChI=1S/C24H33FN6.HI/c1-24(2,31-14-10-18-7-4-5-8-19(18)15-31)17-28-23(26-3)29-20-11-13-30(16-20)22-21(25)9-6-12-27-22;/h4-9,12,20H,10-11,13-17H2,1-3H3,(H2,26,28,29);1H. The van der Waals surface area contributed by atoms with Gasteiger partial charge in [-0.05, 0) is 49.9 Å². The maximum absolute atomic E-state index is 14.1. The second-order valence-electron chi connectivity index (χ2n) is 9.06. The van der Waals surface area contributed by atoms with E-state index in [1.807, 2.05) is 4.90 Å². The largest absolute Gasteiger partial charge is 0.355 e. The van der Waals surface area contributed by atoms with Crippen molar-refractivity contribution in [2.75, 3.05) is 38.1 Å². The number of benzene rings is 1. The molecular formula is C24H34FIN6. The number of pyridine rings is 1. The molecule has 174 valence electrons. The molecule has 0 radical (unpaired) electrons. The molecule has 2 aromatic rings. The summed E-state index contributed by atoms with van der Waals surface area (Å²) < 4.78 is 14.1. The number of nitrogens with one attached hydrogen (secondary N) is 2. The monoisotopic (exact) mass is 552 g/mol. The van der Waals surface area contributed by atoms with Crippen LogP contribution in [-0.2, 0) is 13.0 Å². The van der Waals surface area contributed by atoms with Crippen molar-refractivity contribution in [3.63, 3.8) is 0 Å². The van der Waals surface area contributed by atoms with Gasteiger partial charge in [-0.3, -0.25) is 9.89 Å². The number of aromatic nitrogens is 1. The van der Waals surface area contributed by atoms with Crippen molar-refractivity contribution in [1.82, 2.24) is 20.5 Å². The van der Waals surface area contributed by atoms with E-state index in [2.05, 4.69) is 63.6 Å². The summed E-state index contributed by atoms with van der Waals surface area (Å²) in [7, 11) is 1.80. The lowest BCUT2D eigenvalue weighted by Gasteiger charge is -2.42. The lowest BCUT2D eigenvalue weighted by atomic mass is 9.94. The van der Waals surface area contributed by atoms with Gasteiger partial charge in [-0.2, -0.15) is 0 Å². The van der Waals surface area contributed by atoms with Gasteiger partial charge in [0.15, 0.2) is 17.6 Å². The Balaban J connectivity index is 0.00000289. The number of guanidine groups is 1. The van der Waals surface area contributed by atoms with Crippen molar-refractivity contribution in [3.05, 3.63) is 59.5 Å². The molecule has 0 saturated carbocycles. The first-order valence-electron chi connectivity index (χ1n) is 11.1. The van der Waals surface area contributed by atoms with Gasteiger partial charge < -0.3 is 15.5 Å². The Morgan fingerprint density at radius 3 is 2.72 bits per heavy atom. The number of aliphatic imine (C=N–C) groups is 1. The van der Waals surface area contributed by atoms with Crippen molar-refractivity contribution >= 4 is 35.8 Å². The van der Waals surface area contributed by atoms with Crippen LogP contribution in [0, 0.1) is 5.82 Å². The molecule has 1 atom stereocenters. The van der Waals surface area contributed by atoms with Gasteiger partial charge in [0.1, 0.15) is 0 Å². The van der Waals surface area contributed by atoms with E-state index in [9.17, 15) is 4.39 Å². The highest BCUT2D eigenvalue weighted by atomic mass is 127. The quantitative estimate of drug-likeness (QED) is 0.339. The van der Waals surface area contributed by atoms with Crippen LogP contribution in [0.25, 0.3) is 0 Å². The van der Waals surface area contributed by atoms with E-state index >= 15 is 0 Å². The van der Waals surface area contributed by atoms with E-state index < -0.39 is 0 Å². The Labute approximate surface area is 207 Å². The molecule has 1 aromatic heterocycles. The molecule has 8 heteroatoms. The van der Waals surface area contributed by atoms with Gasteiger partial charge >= 0.3 is 0 Å². The fourth-order valence-corrected chi connectivity index (χ4v) is 4.49. The van der Waals surface area contributed by atoms with Crippen LogP contribution in [0.3, 0.4) is 0 Å². The highest BCUT2D eigenvalue weighted by Gasteiger charge is 2.31. The van der Waals surface area contributed by atoms with Crippen molar-refractivity contribution in [2.45, 2.75) is 44.8 Å². The van der Waals surface area contributed by atoms with Crippen LogP contribution < -0.4 is 15.5 Å². The second-order valence-corrected chi connectivity index (χ2v) is 9.06. The molecule has 4 rings (SSSR count). The number of hydrogen-bond donors (Lipinski definition) is 2. The van der Waals surface area contributed by atoms with Gasteiger partial charge in [-0.15, -0.1) is 24.0 Å². The van der Waals surface area contributed by atoms with Crippen LogP contribution in [0.5, 0.6) is 0 Å². The molecule has 1 aromatic carbocycles. The second kappa shape index (κ2) is 10.8. The molecule has 1 unspecified atom stereocenters. The van der Waals surface area contributed by atoms with E-state index in [1.165, 1.54) is 17.2 Å². The van der Waals surface area contributed by atoms with Crippen LogP contribution in [-0.4, -0.2) is 60.7 Å². The number of fused-ring (bicyclic) bond motifs is 1. The summed E-state index contributed by atoms with van der Waals surface area (Å²) in [5.74, 6) is 0.954. The lowest BCUT2D eigenvalue weighted by molar-refractivity contribution is 0.107. The summed E-state index contributed by atoms with van der Waals surface area (Å²) in [5.41, 5.74) is 2.89. The van der Waals surface area contributed by atoms with Crippen LogP contribution >= 0.6 is 24.0 Å². The normalized spacial score (nSPS) is 19.3. The fraction of sp³-hybridized carbons (Fsp3) is 0.500. The molecule has 32 heavy (non-hydrogen) atoms. The number of nitrogens with zero attached hydrogens (tertiary/aromatic N) is 4. The number of hydrogen-bond acceptors (Lipinski definition) is 4. The summed E-state index contributed by atoms with van der Waals surface area (Å²) in [6.45, 7) is 8.88. The molecule has 2 N–H and O–H groups in total. The van der Waals surface area contributed by atoms with Gasteiger partial charge in [-0.25, -0.2) is 9.37 Å². The topological polar surface area (TPSA) is 55.8 Å². The maximum Gasteiger partial charge on any atom is 0.191 e. The third kappa shape index (κ3) is 5.70. The van der Waals surface area contributed by atoms with Crippen molar-refractivity contribution in [3.8, 4) is 0 Å². The van der Waals surface area contributed by atoms with Crippen molar-refractivity contribution in [2.24, 2.45) is 4.99 Å². The molecule has 2 aliphatic rings. The first kappa shape index (κ1) is 24.7. The molecule has 0 bridgehead atoms. The number of anilines is 1. The Hall–Kier alpha value is -1.94. The number of halogens is 2. The number of rotatable bonds is 5. The van der Waals surface area contributed by atoms with Gasteiger partial charge in [0, 0.05) is 57.5 Å². The van der Waals surface area contributed by atoms with Gasteiger partial charge in [0.25, 0.3) is 0 Å². The molecule has 6 nitrogen and oxygen atoms in total. The Morgan fingerprint density at radius 2 is 1.97 bits per heavy atom. The highest BCUT2D eigenvalue weighted by Crippen LogP contribution is 2.25. The minimum atomic E-state index is -0.268. The molecule has 0 aliphatic carbocycles. The molecule has 0 spiro atoms. The maximum atomic E-state index is 14.1. The molecule has 0 amide bonds. The summed E-state index contributed by atoms with van der Waals surface area (Å²) in [4.78, 5) is 13.2. The van der Waals surface area contributed by atoms with Gasteiger partial charge in [0.05, 0.1) is 0 Å². The van der Waals surface area contributed by atoms with E-state index in [0.29, 0.717) is 12.4 Å². The average Bonchev–Trinajstić information content (AvgIpc) is 3.25. The fourth-order valence-electron chi connectivity index (χ4n) is 4.49.